The summed E-state index contributed by atoms with van der Waals surface area (Å²) < 4.78 is 40.7. The largest absolute Gasteiger partial charge is 0.508 e. The lowest BCUT2D eigenvalue weighted by atomic mass is 9.92. The minimum absolute atomic E-state index is 0.0281. The molecule has 2 unspecified atom stereocenters. The molecule has 0 bridgehead atoms. The molecule has 5 N–H and O–H groups in total. The van der Waals surface area contributed by atoms with Crippen molar-refractivity contribution in [2.75, 3.05) is 110 Å². The number of imide groups is 1. The van der Waals surface area contributed by atoms with Gasteiger partial charge >= 0.3 is 0 Å². The number of carbonyl (C=O) groups excluding carboxylic acids is 7. The highest BCUT2D eigenvalue weighted by Gasteiger charge is 2.46. The monoisotopic (exact) mass is 1520 g/mol. The summed E-state index contributed by atoms with van der Waals surface area (Å²) in [6.07, 6.45) is 0.683. The van der Waals surface area contributed by atoms with Crippen molar-refractivity contribution in [3.05, 3.63) is 209 Å². The van der Waals surface area contributed by atoms with Gasteiger partial charge in [-0.2, -0.15) is 0 Å². The minimum atomic E-state index is -0.959. The average molecular weight is 1520 g/mol. The lowest BCUT2D eigenvalue weighted by Gasteiger charge is -2.34. The second kappa shape index (κ2) is 34.5. The number of phenolic OH excluding ortho intramolecular Hbond substituents is 2. The molecule has 2 atom stereocenters. The van der Waals surface area contributed by atoms with Crippen LogP contribution in [0.3, 0.4) is 0 Å². The minimum Gasteiger partial charge on any atom is -0.508 e. The van der Waals surface area contributed by atoms with Crippen LogP contribution in [0.15, 0.2) is 170 Å². The van der Waals surface area contributed by atoms with Crippen LogP contribution in [0, 0.1) is 19.7 Å². The normalized spacial score (nSPS) is 17.8. The Hall–Kier alpha value is -10.7. The molecule has 0 radical (unpaired) electrons. The first-order valence-electron chi connectivity index (χ1n) is 37.4. The highest BCUT2D eigenvalue weighted by Crippen LogP contribution is 2.49. The number of hydrogen-bond donors (Lipinski definition) is 4. The van der Waals surface area contributed by atoms with Crippen molar-refractivity contribution in [2.24, 2.45) is 5.73 Å². The number of thiophene rings is 2. The van der Waals surface area contributed by atoms with Gasteiger partial charge in [-0.15, -0.1) is 22.7 Å². The predicted octanol–water partition coefficient (Wildman–Crippen LogP) is 13.6. The van der Waals surface area contributed by atoms with E-state index >= 15 is 0 Å². The number of nitrogens with two attached hydrogens (primary N) is 1. The second-order valence-corrected chi connectivity index (χ2v) is 30.5. The fourth-order valence-corrected chi connectivity index (χ4v) is 17.1. The number of halogens is 1. The Morgan fingerprint density at radius 3 is 1.44 bits per heavy atom. The number of phenols is 2. The predicted molar refractivity (Wildman–Crippen MR) is 423 cm³/mol. The molecule has 10 aromatic rings. The molecule has 24 heteroatoms. The number of piperazine rings is 2. The van der Waals surface area contributed by atoms with E-state index in [0.29, 0.717) is 38.2 Å². The summed E-state index contributed by atoms with van der Waals surface area (Å²) in [7, 11) is 0. The molecule has 110 heavy (non-hydrogen) atoms. The van der Waals surface area contributed by atoms with Gasteiger partial charge < -0.3 is 45.1 Å². The van der Waals surface area contributed by atoms with Crippen molar-refractivity contribution < 1.29 is 67.1 Å². The first-order chi connectivity index (χ1) is 53.4. The van der Waals surface area contributed by atoms with Crippen molar-refractivity contribution in [1.29, 1.82) is 0 Å². The molecule has 16 rings (SSSR count). The fraction of sp³-hybridized carbons (Fsp3) is 0.314. The number of anilines is 1. The van der Waals surface area contributed by atoms with Gasteiger partial charge in [0.05, 0.1) is 45.8 Å². The van der Waals surface area contributed by atoms with Gasteiger partial charge in [-0.3, -0.25) is 58.1 Å². The maximum absolute atomic E-state index is 13.7. The zero-order valence-corrected chi connectivity index (χ0v) is 63.1. The topological polar surface area (TPSA) is 254 Å². The molecule has 4 aliphatic heterocycles. The maximum Gasteiger partial charge on any atom is 0.265 e. The van der Waals surface area contributed by atoms with E-state index < -0.39 is 35.5 Å². The molecule has 4 fully saturated rings. The third-order valence-electron chi connectivity index (χ3n) is 20.9. The Morgan fingerprint density at radius 2 is 0.955 bits per heavy atom. The Labute approximate surface area is 645 Å². The number of Topliss-reactive ketones (excluding diaryl/α,β-unsaturated/α-hetero) is 4. The van der Waals surface area contributed by atoms with Gasteiger partial charge in [-0.1, -0.05) is 71.8 Å². The number of aryl methyl sites for hydroxylation is 2. The zero-order valence-electron chi connectivity index (χ0n) is 61.4. The number of fused-ring (bicyclic) bond motifs is 4. The van der Waals surface area contributed by atoms with Crippen LogP contribution in [0.4, 0.5) is 10.1 Å². The van der Waals surface area contributed by atoms with E-state index in [1.165, 1.54) is 23.3 Å². The van der Waals surface area contributed by atoms with Gasteiger partial charge in [0, 0.05) is 148 Å². The Balaban J connectivity index is 0.000000154. The molecule has 21 nitrogen and oxygen atoms in total. The first-order valence-corrected chi connectivity index (χ1v) is 39.0. The Morgan fingerprint density at radius 1 is 0.500 bits per heavy atom. The van der Waals surface area contributed by atoms with Crippen LogP contribution in [0.2, 0.25) is 0 Å². The summed E-state index contributed by atoms with van der Waals surface area (Å²) in [5, 5.41) is 25.6. The summed E-state index contributed by atoms with van der Waals surface area (Å²) in [5.74, 6) is 1.97. The van der Waals surface area contributed by atoms with E-state index in [1.807, 2.05) is 78.9 Å². The van der Waals surface area contributed by atoms with E-state index in [1.54, 1.807) is 51.8 Å². The SMILES string of the molecule is Cc1ccc(-c2sc3cc(O)ccc3c2Oc2ccc(OCCN3CCN(CCN)CC3)cc2)cc1.Cc1ccc(-c2sc3cc(O)ccc3c2Oc2ccc(OCCN3CCN(CCNc4cccc5c4CN(C4CCC(=O)CC4=O)C5=O)CC3)cc2)cc1.O=C1CCC(N2C(=O)c3cccc(F)c3C2=O)C(=O)C1. The first kappa shape index (κ1) is 76.1. The molecular formula is C86H87FN8O13S2. The number of ketones is 4. The molecule has 2 aliphatic carbocycles. The highest BCUT2D eigenvalue weighted by molar-refractivity contribution is 7.23. The molecule has 568 valence electrons. The number of benzene rings is 8. The number of amides is 3. The number of nitrogens with one attached hydrogen (secondary N) is 1. The molecule has 2 saturated carbocycles. The van der Waals surface area contributed by atoms with Crippen LogP contribution >= 0.6 is 22.7 Å². The number of hydrogen-bond acceptors (Lipinski definition) is 21. The third-order valence-corrected chi connectivity index (χ3v) is 23.3. The Bertz CT molecular complexity index is 5060. The molecule has 6 heterocycles. The zero-order chi connectivity index (χ0) is 76.5. The van der Waals surface area contributed by atoms with Crippen LogP contribution in [-0.2, 0) is 25.7 Å². The van der Waals surface area contributed by atoms with Gasteiger partial charge in [-0.25, -0.2) is 4.39 Å². The summed E-state index contributed by atoms with van der Waals surface area (Å²) in [6, 6.07) is 51.2. The second-order valence-electron chi connectivity index (χ2n) is 28.4. The van der Waals surface area contributed by atoms with Gasteiger partial charge in [0.15, 0.2) is 23.1 Å². The molecular weight excluding hydrogens is 1440 g/mol. The summed E-state index contributed by atoms with van der Waals surface area (Å²) in [6.45, 7) is 19.1. The van der Waals surface area contributed by atoms with Gasteiger partial charge in [0.2, 0.25) is 0 Å². The maximum atomic E-state index is 13.7. The van der Waals surface area contributed by atoms with Crippen molar-refractivity contribution in [1.82, 2.24) is 29.4 Å². The summed E-state index contributed by atoms with van der Waals surface area (Å²) in [5.41, 5.74) is 12.4. The lowest BCUT2D eigenvalue weighted by molar-refractivity contribution is -0.134. The van der Waals surface area contributed by atoms with Gasteiger partial charge in [-0.05, 0) is 147 Å². The van der Waals surface area contributed by atoms with Crippen LogP contribution in [-0.4, -0.2) is 197 Å². The van der Waals surface area contributed by atoms with E-state index in [2.05, 4.69) is 87.3 Å². The highest BCUT2D eigenvalue weighted by atomic mass is 32.1. The quantitative estimate of drug-likeness (QED) is 0.0363. The Kier molecular flexibility index (Phi) is 23.8. The van der Waals surface area contributed by atoms with Crippen molar-refractivity contribution in [3.8, 4) is 66.9 Å². The molecule has 0 spiro atoms. The molecule has 2 saturated heterocycles. The molecule has 2 aromatic heterocycles. The lowest BCUT2D eigenvalue weighted by Crippen LogP contribution is -2.48. The van der Waals surface area contributed by atoms with E-state index in [4.69, 9.17) is 24.7 Å². The van der Waals surface area contributed by atoms with E-state index in [9.17, 15) is 48.2 Å². The van der Waals surface area contributed by atoms with Crippen LogP contribution in [0.25, 0.3) is 41.1 Å². The van der Waals surface area contributed by atoms with Gasteiger partial charge in [0.1, 0.15) is 65.1 Å². The summed E-state index contributed by atoms with van der Waals surface area (Å²) >= 11 is 3.23. The number of carbonyl (C=O) groups is 7. The number of ether oxygens (including phenoxy) is 4. The van der Waals surface area contributed by atoms with Crippen LogP contribution in [0.1, 0.15) is 86.3 Å². The molecule has 6 aliphatic rings. The smallest absolute Gasteiger partial charge is 0.265 e. The number of rotatable bonds is 22. The van der Waals surface area contributed by atoms with Gasteiger partial charge in [0.25, 0.3) is 17.7 Å². The van der Waals surface area contributed by atoms with Crippen LogP contribution in [0.5, 0.6) is 46.0 Å². The van der Waals surface area contributed by atoms with Crippen molar-refractivity contribution in [2.45, 2.75) is 71.0 Å². The average Bonchev–Trinajstić information content (AvgIpc) is 1.65. The molecule has 3 amide bonds. The number of nitrogens with zero attached hydrogens (tertiary/aromatic N) is 6. The van der Waals surface area contributed by atoms with Crippen molar-refractivity contribution in [3.63, 3.8) is 0 Å². The number of aromatic hydroxyl groups is 2. The summed E-state index contributed by atoms with van der Waals surface area (Å²) in [4.78, 5) is 99.1. The van der Waals surface area contributed by atoms with E-state index in [0.717, 1.165) is 189 Å². The standard InChI is InChI=1S/C43H44N4O6S.C29H33N3O3S.C14H10FNO4/c1-28-5-7-29(8-6-28)42-41(35-15-9-31(49)26-40(35)54-42)53-33-13-11-32(12-14-33)52-24-23-46-21-19-45(20-22-46)18-17-44-37-4-2-3-34-36(37)27-47(43(34)51)38-16-10-30(48)25-39(38)50;1-21-2-4-22(5-3-21)29-28(26-11-6-23(33)20-27(26)36-29)35-25-9-7-24(8-10-25)34-19-18-32-16-14-31(13-12-30)15-17-32;15-9-3-1-2-8-12(9)14(20)16(13(8)19)10-5-4-7(17)6-11(10)18/h2-9,11-15,26,38,44,49H,10,16-25,27H2,1H3;2-11,20,33H,12-19,30H2,1H3;1-3,10H,4-6H2. The van der Waals surface area contributed by atoms with Crippen molar-refractivity contribution >= 4 is 89.4 Å². The fourth-order valence-electron chi connectivity index (χ4n) is 14.8. The van der Waals surface area contributed by atoms with E-state index in [-0.39, 0.29) is 71.6 Å². The third kappa shape index (κ3) is 17.6. The van der Waals surface area contributed by atoms with Crippen LogP contribution < -0.4 is 30.0 Å². The molecule has 8 aromatic carbocycles.